The standard InChI is InChI=1S/C24H24N2O2S/c27-24(26-21-14-18-9-10-20(21)25-18)23-12-11-22(29-23)17-7-4-8-19(13-17)28-15-16-5-2-1-3-6-16/h1-8,11-13,18,20-21,25H,9-10,14-15H2,(H,26,27). The highest BCUT2D eigenvalue weighted by atomic mass is 32.1. The fraction of sp³-hybridized carbons (Fsp3) is 0.292. The Balaban J connectivity index is 1.24. The molecule has 0 aliphatic carbocycles. The van der Waals surface area contributed by atoms with Crippen molar-refractivity contribution >= 4 is 17.2 Å². The maximum absolute atomic E-state index is 12.7. The molecule has 2 fully saturated rings. The second-order valence-corrected chi connectivity index (χ2v) is 8.91. The van der Waals surface area contributed by atoms with Crippen LogP contribution in [0.15, 0.2) is 66.7 Å². The van der Waals surface area contributed by atoms with Crippen LogP contribution in [0.5, 0.6) is 5.75 Å². The number of amides is 1. The molecular weight excluding hydrogens is 380 g/mol. The van der Waals surface area contributed by atoms with E-state index in [4.69, 9.17) is 4.74 Å². The quantitative estimate of drug-likeness (QED) is 0.630. The molecule has 0 saturated carbocycles. The van der Waals surface area contributed by atoms with Gasteiger partial charge < -0.3 is 15.4 Å². The monoisotopic (exact) mass is 404 g/mol. The van der Waals surface area contributed by atoms with Gasteiger partial charge in [-0.3, -0.25) is 4.79 Å². The van der Waals surface area contributed by atoms with Crippen LogP contribution in [0.25, 0.3) is 10.4 Å². The van der Waals surface area contributed by atoms with E-state index >= 15 is 0 Å². The number of rotatable bonds is 6. The van der Waals surface area contributed by atoms with Crippen LogP contribution in [0.2, 0.25) is 0 Å². The number of hydrogen-bond donors (Lipinski definition) is 2. The van der Waals surface area contributed by atoms with E-state index in [1.54, 1.807) is 0 Å². The molecule has 2 aromatic carbocycles. The number of carbonyl (C=O) groups is 1. The Kier molecular flexibility index (Phi) is 5.08. The van der Waals surface area contributed by atoms with Crippen molar-refractivity contribution in [2.45, 2.75) is 44.0 Å². The van der Waals surface area contributed by atoms with Crippen LogP contribution in [-0.2, 0) is 6.61 Å². The third-order valence-corrected chi connectivity index (χ3v) is 6.95. The number of carbonyl (C=O) groups excluding carboxylic acids is 1. The summed E-state index contributed by atoms with van der Waals surface area (Å²) >= 11 is 1.53. The Morgan fingerprint density at radius 1 is 1.07 bits per heavy atom. The smallest absolute Gasteiger partial charge is 0.261 e. The molecule has 148 valence electrons. The van der Waals surface area contributed by atoms with E-state index in [1.807, 2.05) is 48.5 Å². The van der Waals surface area contributed by atoms with Crippen molar-refractivity contribution in [3.63, 3.8) is 0 Å². The first kappa shape index (κ1) is 18.4. The van der Waals surface area contributed by atoms with E-state index in [0.717, 1.165) is 33.1 Å². The van der Waals surface area contributed by atoms with Gasteiger partial charge in [-0.25, -0.2) is 0 Å². The van der Waals surface area contributed by atoms with Crippen molar-refractivity contribution in [1.29, 1.82) is 0 Å². The van der Waals surface area contributed by atoms with E-state index in [1.165, 1.54) is 24.2 Å². The number of benzene rings is 2. The molecule has 2 aliphatic rings. The summed E-state index contributed by atoms with van der Waals surface area (Å²) in [4.78, 5) is 14.5. The van der Waals surface area contributed by atoms with Crippen molar-refractivity contribution in [1.82, 2.24) is 10.6 Å². The summed E-state index contributed by atoms with van der Waals surface area (Å²) in [6.45, 7) is 0.542. The molecule has 2 N–H and O–H groups in total. The molecule has 3 heterocycles. The Hall–Kier alpha value is -2.63. The molecule has 4 nitrogen and oxygen atoms in total. The maximum Gasteiger partial charge on any atom is 0.261 e. The van der Waals surface area contributed by atoms with E-state index in [-0.39, 0.29) is 11.9 Å². The van der Waals surface area contributed by atoms with Gasteiger partial charge in [0, 0.05) is 23.0 Å². The van der Waals surface area contributed by atoms with Gasteiger partial charge in [-0.15, -0.1) is 11.3 Å². The first-order chi connectivity index (χ1) is 14.2. The fourth-order valence-corrected chi connectivity index (χ4v) is 5.22. The van der Waals surface area contributed by atoms with E-state index < -0.39 is 0 Å². The van der Waals surface area contributed by atoms with Gasteiger partial charge >= 0.3 is 0 Å². The number of hydrogen-bond acceptors (Lipinski definition) is 4. The number of thiophene rings is 1. The Morgan fingerprint density at radius 2 is 1.97 bits per heavy atom. The zero-order chi connectivity index (χ0) is 19.6. The molecule has 1 amide bonds. The Bertz CT molecular complexity index is 1000. The summed E-state index contributed by atoms with van der Waals surface area (Å²) < 4.78 is 5.94. The highest BCUT2D eigenvalue weighted by Crippen LogP contribution is 2.32. The maximum atomic E-state index is 12.7. The van der Waals surface area contributed by atoms with Gasteiger partial charge in [0.1, 0.15) is 12.4 Å². The third-order valence-electron chi connectivity index (χ3n) is 5.81. The lowest BCUT2D eigenvalue weighted by atomic mass is 9.95. The number of ether oxygens (including phenoxy) is 1. The Morgan fingerprint density at radius 3 is 2.76 bits per heavy atom. The second-order valence-electron chi connectivity index (χ2n) is 7.83. The predicted octanol–water partition coefficient (Wildman–Crippen LogP) is 4.62. The summed E-state index contributed by atoms with van der Waals surface area (Å²) in [6, 6.07) is 23.4. The molecular formula is C24H24N2O2S. The molecule has 1 aromatic heterocycles. The molecule has 2 bridgehead atoms. The van der Waals surface area contributed by atoms with Crippen molar-refractivity contribution in [2.24, 2.45) is 0 Å². The van der Waals surface area contributed by atoms with Crippen LogP contribution in [0.1, 0.15) is 34.5 Å². The molecule has 3 aromatic rings. The lowest BCUT2D eigenvalue weighted by molar-refractivity contribution is 0.0935. The van der Waals surface area contributed by atoms with Gasteiger partial charge in [0.05, 0.1) is 4.88 Å². The van der Waals surface area contributed by atoms with Crippen LogP contribution in [0.4, 0.5) is 0 Å². The number of nitrogens with one attached hydrogen (secondary N) is 2. The van der Waals surface area contributed by atoms with Crippen LogP contribution < -0.4 is 15.4 Å². The summed E-state index contributed by atoms with van der Waals surface area (Å²) in [7, 11) is 0. The average molecular weight is 405 g/mol. The van der Waals surface area contributed by atoms with Gasteiger partial charge in [-0.2, -0.15) is 0 Å². The normalized spacial score (nSPS) is 22.6. The van der Waals surface area contributed by atoms with E-state index in [9.17, 15) is 4.79 Å². The minimum atomic E-state index is 0.0390. The lowest BCUT2D eigenvalue weighted by Crippen LogP contribution is -2.42. The molecule has 3 atom stereocenters. The lowest BCUT2D eigenvalue weighted by Gasteiger charge is -2.20. The van der Waals surface area contributed by atoms with Gasteiger partial charge in [0.15, 0.2) is 0 Å². The number of fused-ring (bicyclic) bond motifs is 2. The molecule has 5 rings (SSSR count). The van der Waals surface area contributed by atoms with Crippen molar-refractivity contribution in [3.05, 3.63) is 77.2 Å². The summed E-state index contributed by atoms with van der Waals surface area (Å²) in [5.41, 5.74) is 2.21. The summed E-state index contributed by atoms with van der Waals surface area (Å²) in [5.74, 6) is 0.871. The molecule has 2 saturated heterocycles. The molecule has 0 radical (unpaired) electrons. The zero-order valence-electron chi connectivity index (χ0n) is 16.1. The predicted molar refractivity (Wildman–Crippen MR) is 116 cm³/mol. The molecule has 5 heteroatoms. The van der Waals surface area contributed by atoms with Crippen molar-refractivity contribution < 1.29 is 9.53 Å². The van der Waals surface area contributed by atoms with Crippen LogP contribution >= 0.6 is 11.3 Å². The topological polar surface area (TPSA) is 50.4 Å². The average Bonchev–Trinajstić information content (AvgIpc) is 3.50. The van der Waals surface area contributed by atoms with Gasteiger partial charge in [-0.1, -0.05) is 42.5 Å². The van der Waals surface area contributed by atoms with Gasteiger partial charge in [0.2, 0.25) is 0 Å². The van der Waals surface area contributed by atoms with E-state index in [2.05, 4.69) is 28.8 Å². The van der Waals surface area contributed by atoms with Crippen molar-refractivity contribution in [3.8, 4) is 16.2 Å². The summed E-state index contributed by atoms with van der Waals surface area (Å²) in [5, 5.41) is 6.80. The largest absolute Gasteiger partial charge is 0.489 e. The third kappa shape index (κ3) is 4.07. The SMILES string of the molecule is O=C(NC1CC2CCC1N2)c1ccc(-c2cccc(OCc3ccccc3)c2)s1. The first-order valence-electron chi connectivity index (χ1n) is 10.2. The highest BCUT2D eigenvalue weighted by molar-refractivity contribution is 7.17. The van der Waals surface area contributed by atoms with Crippen LogP contribution in [-0.4, -0.2) is 24.0 Å². The van der Waals surface area contributed by atoms with E-state index in [0.29, 0.717) is 18.7 Å². The minimum Gasteiger partial charge on any atom is -0.489 e. The Labute approximate surface area is 174 Å². The van der Waals surface area contributed by atoms with Crippen molar-refractivity contribution in [2.75, 3.05) is 0 Å². The molecule has 29 heavy (non-hydrogen) atoms. The van der Waals surface area contributed by atoms with Gasteiger partial charge in [-0.05, 0) is 54.7 Å². The summed E-state index contributed by atoms with van der Waals surface area (Å²) in [6.07, 6.45) is 3.46. The first-order valence-corrected chi connectivity index (χ1v) is 11.0. The molecule has 3 unspecified atom stereocenters. The minimum absolute atomic E-state index is 0.0390. The highest BCUT2D eigenvalue weighted by Gasteiger charge is 2.39. The van der Waals surface area contributed by atoms with Gasteiger partial charge in [0.25, 0.3) is 5.91 Å². The molecule has 2 aliphatic heterocycles. The second kappa shape index (κ2) is 8.01. The van der Waals surface area contributed by atoms with Crippen LogP contribution in [0.3, 0.4) is 0 Å². The fourth-order valence-electron chi connectivity index (χ4n) is 4.32. The van der Waals surface area contributed by atoms with Crippen LogP contribution in [0, 0.1) is 0 Å². The molecule has 0 spiro atoms. The zero-order valence-corrected chi connectivity index (χ0v) is 17.0.